The Labute approximate surface area is 516 Å². The van der Waals surface area contributed by atoms with Crippen LogP contribution in [0.2, 0.25) is 0 Å². The van der Waals surface area contributed by atoms with Gasteiger partial charge in [0.05, 0.1) is 25.1 Å². The Balaban J connectivity index is 1.05. The summed E-state index contributed by atoms with van der Waals surface area (Å²) in [6.45, 7) is 3.97. The molecule has 0 spiro atoms. The minimum Gasteiger partial charge on any atom is -0.480 e. The number of nitrogens with two attached hydrogens (primary N) is 2. The highest BCUT2D eigenvalue weighted by Gasteiger charge is 2.41. The topological polar surface area (TPSA) is 447 Å². The maximum Gasteiger partial charge on any atom is 0.328 e. The van der Waals surface area contributed by atoms with Crippen LogP contribution in [0.1, 0.15) is 75.3 Å². The van der Waals surface area contributed by atoms with Crippen LogP contribution in [0.3, 0.4) is 0 Å². The molecule has 1 saturated heterocycles. The van der Waals surface area contributed by atoms with Gasteiger partial charge in [0.25, 0.3) is 0 Å². The summed E-state index contributed by atoms with van der Waals surface area (Å²) in [4.78, 5) is 157. The molecule has 0 bridgehead atoms. The minimum atomic E-state index is -1.65. The lowest BCUT2D eigenvalue weighted by Crippen LogP contribution is -2.62. The summed E-state index contributed by atoms with van der Waals surface area (Å²) in [6.07, 6.45) is 5.40. The Bertz CT molecular complexity index is 3710. The number of aromatic amines is 4. The third-order valence-corrected chi connectivity index (χ3v) is 15.9. The van der Waals surface area contributed by atoms with Crippen LogP contribution in [0.15, 0.2) is 104 Å². The van der Waals surface area contributed by atoms with E-state index < -0.39 is 139 Å². The van der Waals surface area contributed by atoms with Crippen LogP contribution in [-0.2, 0) is 73.6 Å². The van der Waals surface area contributed by atoms with Gasteiger partial charge in [0, 0.05) is 95.4 Å². The predicted molar refractivity (Wildman–Crippen MR) is 329 cm³/mol. The number of hydrogen-bond acceptors (Lipinski definition) is 14. The van der Waals surface area contributed by atoms with E-state index in [1.54, 1.807) is 81.0 Å². The summed E-state index contributed by atoms with van der Waals surface area (Å²) in [5, 5.41) is 50.6. The average molecular weight is 1240 g/mol. The molecule has 1 aliphatic rings. The Hall–Kier alpha value is -9.93. The summed E-state index contributed by atoms with van der Waals surface area (Å²) in [5.74, 6) is -9.42. The lowest BCUT2D eigenvalue weighted by Gasteiger charge is -2.31. The second kappa shape index (κ2) is 30.3. The van der Waals surface area contributed by atoms with Crippen LogP contribution in [-0.4, -0.2) is 178 Å². The van der Waals surface area contributed by atoms with E-state index in [4.69, 9.17) is 11.5 Å². The number of rotatable bonds is 31. The van der Waals surface area contributed by atoms with E-state index >= 15 is 4.79 Å². The second-order valence-electron chi connectivity index (χ2n) is 23.0. The minimum absolute atomic E-state index is 0.0480. The molecule has 28 nitrogen and oxygen atoms in total. The van der Waals surface area contributed by atoms with Crippen molar-refractivity contribution < 1.29 is 63.3 Å². The van der Waals surface area contributed by atoms with Gasteiger partial charge in [-0.15, -0.1) is 0 Å². The quantitative estimate of drug-likeness (QED) is 0.0263. The molecule has 0 unspecified atom stereocenters. The van der Waals surface area contributed by atoms with Crippen molar-refractivity contribution in [3.63, 3.8) is 0 Å². The van der Waals surface area contributed by atoms with E-state index in [-0.39, 0.29) is 51.0 Å². The number of primary amides is 1. The van der Waals surface area contributed by atoms with Crippen LogP contribution < -0.4 is 48.7 Å². The average Bonchev–Trinajstić information content (AvgIpc) is 1.99. The van der Waals surface area contributed by atoms with Gasteiger partial charge in [-0.1, -0.05) is 68.4 Å². The van der Waals surface area contributed by atoms with Gasteiger partial charge >= 0.3 is 5.97 Å². The monoisotopic (exact) mass is 1240 g/mol. The van der Waals surface area contributed by atoms with Gasteiger partial charge in [0.2, 0.25) is 53.2 Å². The number of aliphatic hydroxyl groups excluding tert-OH is 2. The number of likely N-dealkylation sites (tertiary alicyclic amines) is 1. The lowest BCUT2D eigenvalue weighted by atomic mass is 10.0. The molecule has 0 saturated carbocycles. The number of hydrogen-bond donors (Lipinski definition) is 16. The van der Waals surface area contributed by atoms with Gasteiger partial charge in [0.15, 0.2) is 0 Å². The molecule has 478 valence electrons. The summed E-state index contributed by atoms with van der Waals surface area (Å²) in [6, 6.07) is 8.68. The molecular weight excluding hydrogens is 1160 g/mol. The van der Waals surface area contributed by atoms with Gasteiger partial charge in [-0.3, -0.25) is 43.2 Å². The fourth-order valence-corrected chi connectivity index (χ4v) is 11.1. The first kappa shape index (κ1) is 66.0. The van der Waals surface area contributed by atoms with Crippen molar-refractivity contribution in [2.24, 2.45) is 17.4 Å². The van der Waals surface area contributed by atoms with E-state index in [1.807, 2.05) is 24.3 Å². The third-order valence-electron chi connectivity index (χ3n) is 15.9. The standard InChI is InChI=1S/C62H77N15O13/c1-32(2)21-46(56(83)75-50(30-78)62(89)90)72-59(86)51-17-10-20-77(51)61(88)49(25-37-29-65-31-69-37)74-58(85)47(23-35-27-67-43-15-8-5-12-39(35)43)71-55(82)45(18-19-52(64)80)70-57(84)48(24-36-28-68-44-16-9-6-13-40(36)44)73-60(87)53(33(3)79)76-54(81)41(63)22-34-26-66-42-14-7-4-11-38(34)42/h4-9,11-16,26-29,31-33,41,45-51,53,66-68,78-79H,10,17-25,30,63H2,1-3H3,(H2,64,80)(H,65,69)(H,70,84)(H,71,82)(H,72,86)(H,73,87)(H,74,85)(H,75,83)(H,76,81)(H,89,90)/t33-,41+,45+,46+,47+,48+,49+,50+,51+,53+/m1/s1. The van der Waals surface area contributed by atoms with Gasteiger partial charge in [-0.25, -0.2) is 9.78 Å². The number of H-pyrrole nitrogens is 4. The van der Waals surface area contributed by atoms with E-state index in [2.05, 4.69) is 62.1 Å². The Morgan fingerprint density at radius 1 is 0.600 bits per heavy atom. The van der Waals surface area contributed by atoms with Crippen molar-refractivity contribution in [1.29, 1.82) is 0 Å². The Morgan fingerprint density at radius 3 is 1.59 bits per heavy atom. The predicted octanol–water partition coefficient (Wildman–Crippen LogP) is -0.395. The fraction of sp³-hybridized carbons (Fsp3) is 0.403. The number of nitrogens with one attached hydrogen (secondary N) is 11. The number of fused-ring (bicyclic) bond motifs is 3. The molecule has 1 aliphatic heterocycles. The third kappa shape index (κ3) is 16.8. The smallest absolute Gasteiger partial charge is 0.328 e. The number of para-hydroxylation sites is 3. The Kier molecular flexibility index (Phi) is 22.2. The van der Waals surface area contributed by atoms with Gasteiger partial charge in [-0.2, -0.15) is 0 Å². The second-order valence-corrected chi connectivity index (χ2v) is 23.0. The molecule has 0 radical (unpaired) electrons. The van der Waals surface area contributed by atoms with Crippen LogP contribution in [0.25, 0.3) is 32.7 Å². The highest BCUT2D eigenvalue weighted by molar-refractivity contribution is 6.00. The number of carbonyl (C=O) groups is 10. The van der Waals surface area contributed by atoms with E-state index in [1.165, 1.54) is 24.3 Å². The van der Waals surface area contributed by atoms with Crippen LogP contribution in [0.4, 0.5) is 0 Å². The number of amides is 9. The molecule has 28 heteroatoms. The SMILES string of the molecule is CC(C)C[C@H](NC(=O)[C@@H]1CCCN1C(=O)[C@H](Cc1cnc[nH]1)NC(=O)[C@H](Cc1c[nH]c2ccccc12)NC(=O)[C@H](CCC(N)=O)NC(=O)[C@H](Cc1c[nH]c2ccccc12)NC(=O)[C@@H](NC(=O)[C@@H](N)Cc1c[nH]c2ccccc12)[C@@H](C)O)C(=O)N[C@@H](CO)C(=O)O. The number of carboxylic acids is 1. The fourth-order valence-electron chi connectivity index (χ4n) is 11.1. The number of aromatic nitrogens is 5. The molecule has 7 aromatic rings. The summed E-state index contributed by atoms with van der Waals surface area (Å²) >= 11 is 0. The molecule has 9 amide bonds. The van der Waals surface area contributed by atoms with E-state index in [0.717, 1.165) is 16.5 Å². The number of carboxylic acid groups (broad SMARTS) is 1. The molecule has 18 N–H and O–H groups in total. The zero-order valence-corrected chi connectivity index (χ0v) is 49.9. The Morgan fingerprint density at radius 2 is 1.09 bits per heavy atom. The van der Waals surface area contributed by atoms with Gasteiger partial charge in [-0.05, 0) is 79.8 Å². The van der Waals surface area contributed by atoms with Crippen LogP contribution in [0.5, 0.6) is 0 Å². The van der Waals surface area contributed by atoms with Crippen molar-refractivity contribution in [3.05, 3.63) is 126 Å². The maximum absolute atomic E-state index is 15.1. The summed E-state index contributed by atoms with van der Waals surface area (Å²) in [5.41, 5.74) is 16.4. The summed E-state index contributed by atoms with van der Waals surface area (Å²) in [7, 11) is 0. The van der Waals surface area contributed by atoms with Crippen molar-refractivity contribution in [1.82, 2.24) is 67.0 Å². The molecule has 10 atom stereocenters. The van der Waals surface area contributed by atoms with Gasteiger partial charge < -0.3 is 88.8 Å². The first-order valence-electron chi connectivity index (χ1n) is 29.7. The largest absolute Gasteiger partial charge is 0.480 e. The lowest BCUT2D eigenvalue weighted by molar-refractivity contribution is -0.144. The number of benzene rings is 3. The van der Waals surface area contributed by atoms with Crippen molar-refractivity contribution in [2.45, 2.75) is 139 Å². The van der Waals surface area contributed by atoms with Crippen molar-refractivity contribution in [3.8, 4) is 0 Å². The first-order chi connectivity index (χ1) is 43.1. The van der Waals surface area contributed by atoms with Crippen LogP contribution >= 0.6 is 0 Å². The molecule has 5 heterocycles. The normalized spacial score (nSPS) is 16.2. The van der Waals surface area contributed by atoms with Crippen molar-refractivity contribution >= 4 is 91.8 Å². The zero-order valence-electron chi connectivity index (χ0n) is 49.9. The molecule has 1 fully saturated rings. The van der Waals surface area contributed by atoms with Crippen LogP contribution in [0, 0.1) is 5.92 Å². The summed E-state index contributed by atoms with van der Waals surface area (Å²) < 4.78 is 0. The number of nitrogens with zero attached hydrogens (tertiary/aromatic N) is 2. The van der Waals surface area contributed by atoms with E-state index in [0.29, 0.717) is 45.0 Å². The molecule has 8 rings (SSSR count). The van der Waals surface area contributed by atoms with Gasteiger partial charge in [0.1, 0.15) is 48.3 Å². The zero-order chi connectivity index (χ0) is 64.8. The maximum atomic E-state index is 15.1. The molecule has 4 aromatic heterocycles. The molecule has 90 heavy (non-hydrogen) atoms. The number of imidazole rings is 1. The molecule has 0 aliphatic carbocycles. The number of aliphatic carboxylic acids is 1. The highest BCUT2D eigenvalue weighted by Crippen LogP contribution is 2.24. The van der Waals surface area contributed by atoms with Crippen molar-refractivity contribution in [2.75, 3.05) is 13.2 Å². The highest BCUT2D eigenvalue weighted by atomic mass is 16.4. The first-order valence-corrected chi connectivity index (χ1v) is 29.7. The number of carbonyl (C=O) groups excluding carboxylic acids is 9. The number of aliphatic hydroxyl groups is 2. The van der Waals surface area contributed by atoms with E-state index in [9.17, 15) is 58.5 Å². The molecule has 3 aromatic carbocycles. The molecular formula is C62H77N15O13.